The largest absolute Gasteiger partial charge is 0.510 e. The van der Waals surface area contributed by atoms with Gasteiger partial charge in [-0.05, 0) is 13.8 Å². The number of ether oxygens (including phenoxy) is 2. The first-order valence-corrected chi connectivity index (χ1v) is 4.02. The van der Waals surface area contributed by atoms with E-state index in [1.54, 1.807) is 10.9 Å². The quantitative estimate of drug-likeness (QED) is 0.611. The van der Waals surface area contributed by atoms with Gasteiger partial charge in [-0.1, -0.05) is 0 Å². The summed E-state index contributed by atoms with van der Waals surface area (Å²) in [6.07, 6.45) is 0.682. The molecule has 5 heteroatoms. The number of carbonyl (C=O) groups is 1. The van der Waals surface area contributed by atoms with Gasteiger partial charge < -0.3 is 9.47 Å². The molecule has 1 aliphatic heterocycles. The standard InChI is InChI=1S/C8H10N2O3/c1-5-6(2)10(4-9-5)7-3-12-8(11)13-7/h4,7H,3H2,1-2H3. The third kappa shape index (κ3) is 1.26. The van der Waals surface area contributed by atoms with Gasteiger partial charge in [0.25, 0.3) is 0 Å². The second-order valence-electron chi connectivity index (χ2n) is 2.96. The molecule has 2 heterocycles. The molecule has 0 radical (unpaired) electrons. The lowest BCUT2D eigenvalue weighted by molar-refractivity contribution is 0.0948. The number of hydrogen-bond acceptors (Lipinski definition) is 4. The molecule has 1 saturated heterocycles. The van der Waals surface area contributed by atoms with E-state index in [0.717, 1.165) is 11.4 Å². The maximum Gasteiger partial charge on any atom is 0.510 e. The summed E-state index contributed by atoms with van der Waals surface area (Å²) in [7, 11) is 0. The molecule has 70 valence electrons. The lowest BCUT2D eigenvalue weighted by Crippen LogP contribution is -2.11. The van der Waals surface area contributed by atoms with Crippen LogP contribution in [0.2, 0.25) is 0 Å². The molecular weight excluding hydrogens is 172 g/mol. The summed E-state index contributed by atoms with van der Waals surface area (Å²) in [6.45, 7) is 4.09. The van der Waals surface area contributed by atoms with Crippen molar-refractivity contribution < 1.29 is 14.3 Å². The lowest BCUT2D eigenvalue weighted by Gasteiger charge is -2.09. The number of imidazole rings is 1. The topological polar surface area (TPSA) is 53.4 Å². The molecule has 0 N–H and O–H groups in total. The van der Waals surface area contributed by atoms with E-state index in [1.165, 1.54) is 0 Å². The fourth-order valence-corrected chi connectivity index (χ4v) is 1.26. The summed E-state index contributed by atoms with van der Waals surface area (Å²) >= 11 is 0. The van der Waals surface area contributed by atoms with E-state index < -0.39 is 6.16 Å². The predicted molar refractivity (Wildman–Crippen MR) is 43.2 cm³/mol. The van der Waals surface area contributed by atoms with Gasteiger partial charge in [0.1, 0.15) is 0 Å². The Morgan fingerprint density at radius 3 is 2.85 bits per heavy atom. The van der Waals surface area contributed by atoms with Gasteiger partial charge in [-0.25, -0.2) is 9.78 Å². The molecule has 2 rings (SSSR count). The van der Waals surface area contributed by atoms with E-state index in [0.29, 0.717) is 0 Å². The van der Waals surface area contributed by atoms with Crippen molar-refractivity contribution in [2.45, 2.75) is 20.1 Å². The number of carbonyl (C=O) groups excluding carboxylic acids is 1. The van der Waals surface area contributed by atoms with Crippen molar-refractivity contribution in [2.24, 2.45) is 0 Å². The van der Waals surface area contributed by atoms with Crippen LogP contribution in [0.3, 0.4) is 0 Å². The highest BCUT2D eigenvalue weighted by molar-refractivity contribution is 5.61. The molecule has 1 aromatic rings. The van der Waals surface area contributed by atoms with Crippen LogP contribution in [0.4, 0.5) is 4.79 Å². The van der Waals surface area contributed by atoms with Crippen LogP contribution in [0.5, 0.6) is 0 Å². The number of cyclic esters (lactones) is 2. The summed E-state index contributed by atoms with van der Waals surface area (Å²) in [5.41, 5.74) is 1.92. The maximum absolute atomic E-state index is 10.7. The molecule has 1 aromatic heterocycles. The average molecular weight is 182 g/mol. The first-order chi connectivity index (χ1) is 6.18. The molecule has 1 unspecified atom stereocenters. The molecule has 0 amide bonds. The van der Waals surface area contributed by atoms with Crippen LogP contribution < -0.4 is 0 Å². The van der Waals surface area contributed by atoms with Crippen LogP contribution in [0.25, 0.3) is 0 Å². The monoisotopic (exact) mass is 182 g/mol. The van der Waals surface area contributed by atoms with E-state index in [-0.39, 0.29) is 12.8 Å². The van der Waals surface area contributed by atoms with Gasteiger partial charge in [0, 0.05) is 5.69 Å². The normalized spacial score (nSPS) is 21.4. The van der Waals surface area contributed by atoms with Crippen molar-refractivity contribution >= 4 is 6.16 Å². The Morgan fingerprint density at radius 1 is 1.62 bits per heavy atom. The minimum Gasteiger partial charge on any atom is -0.428 e. The minimum absolute atomic E-state index is 0.259. The summed E-state index contributed by atoms with van der Waals surface area (Å²) < 4.78 is 11.4. The lowest BCUT2D eigenvalue weighted by atomic mass is 10.4. The Hall–Kier alpha value is -1.52. The van der Waals surface area contributed by atoms with Crippen molar-refractivity contribution in [3.05, 3.63) is 17.7 Å². The Balaban J connectivity index is 2.26. The zero-order valence-electron chi connectivity index (χ0n) is 7.48. The third-order valence-electron chi connectivity index (χ3n) is 2.17. The highest BCUT2D eigenvalue weighted by Crippen LogP contribution is 2.20. The Labute approximate surface area is 75.3 Å². The third-order valence-corrected chi connectivity index (χ3v) is 2.17. The minimum atomic E-state index is -0.615. The van der Waals surface area contributed by atoms with Gasteiger partial charge in [0.15, 0.2) is 6.61 Å². The van der Waals surface area contributed by atoms with Crippen molar-refractivity contribution in [2.75, 3.05) is 6.61 Å². The molecule has 1 fully saturated rings. The number of aryl methyl sites for hydroxylation is 1. The average Bonchev–Trinajstić information content (AvgIpc) is 2.62. The van der Waals surface area contributed by atoms with Crippen LogP contribution in [0.1, 0.15) is 17.6 Å². The van der Waals surface area contributed by atoms with Gasteiger partial charge >= 0.3 is 6.16 Å². The van der Waals surface area contributed by atoms with Crippen LogP contribution in [0, 0.1) is 13.8 Å². The predicted octanol–water partition coefficient (Wildman–Crippen LogP) is 1.17. The molecule has 0 aliphatic carbocycles. The summed E-state index contributed by atoms with van der Waals surface area (Å²) in [4.78, 5) is 14.8. The van der Waals surface area contributed by atoms with E-state index in [2.05, 4.69) is 9.72 Å². The first kappa shape index (κ1) is 8.10. The summed E-state index contributed by atoms with van der Waals surface area (Å²) in [6, 6.07) is 0. The molecule has 0 saturated carbocycles. The number of hydrogen-bond donors (Lipinski definition) is 0. The highest BCUT2D eigenvalue weighted by Gasteiger charge is 2.27. The van der Waals surface area contributed by atoms with Crippen molar-refractivity contribution in [3.8, 4) is 0 Å². The molecule has 5 nitrogen and oxygen atoms in total. The van der Waals surface area contributed by atoms with Gasteiger partial charge in [0.2, 0.25) is 6.23 Å². The van der Waals surface area contributed by atoms with E-state index in [1.807, 2.05) is 13.8 Å². The zero-order chi connectivity index (χ0) is 9.42. The molecule has 0 aromatic carbocycles. The second kappa shape index (κ2) is 2.76. The molecular formula is C8H10N2O3. The van der Waals surface area contributed by atoms with E-state index in [9.17, 15) is 4.79 Å². The first-order valence-electron chi connectivity index (χ1n) is 4.02. The Kier molecular flexibility index (Phi) is 1.72. The van der Waals surface area contributed by atoms with Crippen molar-refractivity contribution in [1.82, 2.24) is 9.55 Å². The van der Waals surface area contributed by atoms with Crippen LogP contribution in [-0.4, -0.2) is 22.3 Å². The summed E-state index contributed by atoms with van der Waals surface area (Å²) in [5.74, 6) is 0. The second-order valence-corrected chi connectivity index (χ2v) is 2.96. The molecule has 1 aliphatic rings. The summed E-state index contributed by atoms with van der Waals surface area (Å²) in [5, 5.41) is 0. The van der Waals surface area contributed by atoms with Gasteiger partial charge in [0.05, 0.1) is 12.0 Å². The molecule has 0 spiro atoms. The number of rotatable bonds is 1. The highest BCUT2D eigenvalue weighted by atomic mass is 16.8. The van der Waals surface area contributed by atoms with Crippen LogP contribution in [0.15, 0.2) is 6.33 Å². The van der Waals surface area contributed by atoms with Gasteiger partial charge in [-0.15, -0.1) is 0 Å². The Bertz CT molecular complexity index is 345. The van der Waals surface area contributed by atoms with Crippen LogP contribution >= 0.6 is 0 Å². The van der Waals surface area contributed by atoms with Crippen molar-refractivity contribution in [1.29, 1.82) is 0 Å². The molecule has 0 bridgehead atoms. The van der Waals surface area contributed by atoms with E-state index >= 15 is 0 Å². The van der Waals surface area contributed by atoms with Crippen molar-refractivity contribution in [3.63, 3.8) is 0 Å². The van der Waals surface area contributed by atoms with E-state index in [4.69, 9.17) is 4.74 Å². The smallest absolute Gasteiger partial charge is 0.428 e. The molecule has 1 atom stereocenters. The fourth-order valence-electron chi connectivity index (χ4n) is 1.26. The fraction of sp³-hybridized carbons (Fsp3) is 0.500. The van der Waals surface area contributed by atoms with Gasteiger partial charge in [-0.3, -0.25) is 4.57 Å². The van der Waals surface area contributed by atoms with Gasteiger partial charge in [-0.2, -0.15) is 0 Å². The number of aromatic nitrogens is 2. The Morgan fingerprint density at radius 2 is 2.38 bits per heavy atom. The maximum atomic E-state index is 10.7. The SMILES string of the molecule is Cc1ncn(C2COC(=O)O2)c1C. The van der Waals surface area contributed by atoms with Crippen LogP contribution in [-0.2, 0) is 9.47 Å². The molecule has 13 heavy (non-hydrogen) atoms. The number of nitrogens with zero attached hydrogens (tertiary/aromatic N) is 2. The zero-order valence-corrected chi connectivity index (χ0v) is 7.48.